The van der Waals surface area contributed by atoms with Gasteiger partial charge in [-0.15, -0.1) is 11.8 Å². The zero-order chi connectivity index (χ0) is 11.5. The van der Waals surface area contributed by atoms with Crippen molar-refractivity contribution in [2.45, 2.75) is 4.90 Å². The molecule has 2 rings (SSSR count). The Morgan fingerprint density at radius 1 is 1.19 bits per heavy atom. The van der Waals surface area contributed by atoms with Gasteiger partial charge in [-0.1, -0.05) is 28.1 Å². The Morgan fingerprint density at radius 2 is 1.88 bits per heavy atom. The van der Waals surface area contributed by atoms with Crippen LogP contribution < -0.4 is 5.63 Å². The second-order valence-electron chi connectivity index (χ2n) is 3.19. The van der Waals surface area contributed by atoms with Crippen LogP contribution in [0.2, 0.25) is 0 Å². The normalized spacial score (nSPS) is 10.4. The summed E-state index contributed by atoms with van der Waals surface area (Å²) in [6.07, 6.45) is 1.93. The van der Waals surface area contributed by atoms with Crippen molar-refractivity contribution in [2.24, 2.45) is 0 Å². The van der Waals surface area contributed by atoms with Crippen molar-refractivity contribution >= 4 is 27.7 Å². The van der Waals surface area contributed by atoms with E-state index in [4.69, 9.17) is 4.42 Å². The first-order chi connectivity index (χ1) is 7.69. The molecular weight excluding hydrogens is 288 g/mol. The molecule has 0 N–H and O–H groups in total. The Kier molecular flexibility index (Phi) is 3.51. The summed E-state index contributed by atoms with van der Waals surface area (Å²) < 4.78 is 6.16. The lowest BCUT2D eigenvalue weighted by Crippen LogP contribution is -1.97. The quantitative estimate of drug-likeness (QED) is 0.790. The van der Waals surface area contributed by atoms with Crippen LogP contribution in [-0.2, 0) is 0 Å². The third-order valence-corrected chi connectivity index (χ3v) is 3.34. The maximum Gasteiger partial charge on any atom is 0.337 e. The van der Waals surface area contributed by atoms with Crippen LogP contribution in [0.5, 0.6) is 0 Å². The van der Waals surface area contributed by atoms with Crippen LogP contribution in [0.3, 0.4) is 0 Å². The van der Waals surface area contributed by atoms with Crippen LogP contribution in [0.4, 0.5) is 0 Å². The van der Waals surface area contributed by atoms with Crippen molar-refractivity contribution in [1.82, 2.24) is 0 Å². The van der Waals surface area contributed by atoms with Gasteiger partial charge >= 0.3 is 5.63 Å². The summed E-state index contributed by atoms with van der Waals surface area (Å²) in [6.45, 7) is 0. The van der Waals surface area contributed by atoms with Gasteiger partial charge in [0.25, 0.3) is 0 Å². The molecule has 0 bridgehead atoms. The van der Waals surface area contributed by atoms with Crippen molar-refractivity contribution in [3.63, 3.8) is 0 Å². The highest BCUT2D eigenvalue weighted by molar-refractivity contribution is 9.10. The molecular formula is C12H9BrO2S. The monoisotopic (exact) mass is 296 g/mol. The van der Waals surface area contributed by atoms with E-state index in [0.29, 0.717) is 5.76 Å². The molecule has 0 spiro atoms. The van der Waals surface area contributed by atoms with E-state index < -0.39 is 0 Å². The van der Waals surface area contributed by atoms with E-state index in [1.165, 1.54) is 17.8 Å². The summed E-state index contributed by atoms with van der Waals surface area (Å²) >= 11 is 4.89. The van der Waals surface area contributed by atoms with Gasteiger partial charge in [-0.05, 0) is 24.5 Å². The molecule has 0 saturated carbocycles. The molecule has 0 saturated heterocycles. The van der Waals surface area contributed by atoms with E-state index in [0.717, 1.165) is 14.9 Å². The molecule has 1 heterocycles. The summed E-state index contributed by atoms with van der Waals surface area (Å²) in [5.74, 6) is 0.601. The number of benzene rings is 1. The third-order valence-electron chi connectivity index (χ3n) is 2.11. The van der Waals surface area contributed by atoms with Gasteiger partial charge in [0.15, 0.2) is 0 Å². The average Bonchev–Trinajstić information content (AvgIpc) is 2.29. The number of hydrogen-bond donors (Lipinski definition) is 0. The van der Waals surface area contributed by atoms with Crippen LogP contribution in [0.15, 0.2) is 55.0 Å². The number of thioether (sulfide) groups is 1. The smallest absolute Gasteiger partial charge is 0.337 e. The average molecular weight is 297 g/mol. The highest BCUT2D eigenvalue weighted by atomic mass is 79.9. The molecule has 16 heavy (non-hydrogen) atoms. The highest BCUT2D eigenvalue weighted by Gasteiger charge is 2.03. The number of rotatable bonds is 2. The van der Waals surface area contributed by atoms with Gasteiger partial charge in [0.2, 0.25) is 0 Å². The molecule has 0 aliphatic rings. The van der Waals surface area contributed by atoms with E-state index in [1.807, 2.05) is 36.6 Å². The molecule has 0 amide bonds. The zero-order valence-electron chi connectivity index (χ0n) is 8.57. The summed E-state index contributed by atoms with van der Waals surface area (Å²) in [7, 11) is 0. The summed E-state index contributed by atoms with van der Waals surface area (Å²) in [5.41, 5.74) is 0.584. The van der Waals surface area contributed by atoms with E-state index in [1.54, 1.807) is 0 Å². The molecule has 0 aliphatic carbocycles. The lowest BCUT2D eigenvalue weighted by atomic mass is 10.2. The van der Waals surface area contributed by atoms with E-state index >= 15 is 0 Å². The van der Waals surface area contributed by atoms with Crippen LogP contribution in [-0.4, -0.2) is 6.26 Å². The van der Waals surface area contributed by atoms with E-state index in [9.17, 15) is 4.79 Å². The third kappa shape index (κ3) is 2.57. The second kappa shape index (κ2) is 4.89. The zero-order valence-corrected chi connectivity index (χ0v) is 11.0. The minimum Gasteiger partial charge on any atom is -0.423 e. The van der Waals surface area contributed by atoms with Gasteiger partial charge in [-0.2, -0.15) is 0 Å². The topological polar surface area (TPSA) is 30.2 Å². The van der Waals surface area contributed by atoms with Crippen LogP contribution in [0, 0.1) is 0 Å². The minimum atomic E-state index is -0.315. The Bertz CT molecular complexity index is 546. The molecule has 2 nitrogen and oxygen atoms in total. The van der Waals surface area contributed by atoms with Gasteiger partial charge in [-0.3, -0.25) is 0 Å². The minimum absolute atomic E-state index is 0.315. The first kappa shape index (κ1) is 11.5. The number of halogens is 1. The Morgan fingerprint density at radius 3 is 2.50 bits per heavy atom. The van der Waals surface area contributed by atoms with Crippen molar-refractivity contribution in [2.75, 3.05) is 6.26 Å². The fourth-order valence-corrected chi connectivity index (χ4v) is 2.03. The van der Waals surface area contributed by atoms with Crippen molar-refractivity contribution in [1.29, 1.82) is 0 Å². The lowest BCUT2D eigenvalue weighted by molar-refractivity contribution is 0.521. The summed E-state index contributed by atoms with van der Waals surface area (Å²) in [4.78, 5) is 12.2. The predicted molar refractivity (Wildman–Crippen MR) is 69.9 cm³/mol. The van der Waals surface area contributed by atoms with Gasteiger partial charge in [0.1, 0.15) is 5.76 Å². The molecule has 0 aliphatic heterocycles. The van der Waals surface area contributed by atoms with Crippen LogP contribution in [0.25, 0.3) is 11.3 Å². The largest absolute Gasteiger partial charge is 0.423 e. The maximum absolute atomic E-state index is 11.3. The molecule has 0 fully saturated rings. The Labute approximate surface area is 106 Å². The molecule has 1 aromatic heterocycles. The molecule has 2 aromatic rings. The highest BCUT2D eigenvalue weighted by Crippen LogP contribution is 2.24. The van der Waals surface area contributed by atoms with E-state index in [2.05, 4.69) is 15.9 Å². The van der Waals surface area contributed by atoms with Crippen LogP contribution >= 0.6 is 27.7 Å². The molecule has 4 heteroatoms. The SMILES string of the molecule is CSc1cc(-c2ccc(Br)cc2)oc(=O)c1. The molecule has 1 aromatic carbocycles. The molecule has 82 valence electrons. The van der Waals surface area contributed by atoms with Crippen molar-refractivity contribution < 1.29 is 4.42 Å². The summed E-state index contributed by atoms with van der Waals surface area (Å²) in [5, 5.41) is 0. The Hall–Kier alpha value is -1.00. The van der Waals surface area contributed by atoms with Crippen molar-refractivity contribution in [3.8, 4) is 11.3 Å². The first-order valence-corrected chi connectivity index (χ1v) is 6.66. The molecule has 0 atom stereocenters. The van der Waals surface area contributed by atoms with Gasteiger partial charge in [-0.25, -0.2) is 4.79 Å². The first-order valence-electron chi connectivity index (χ1n) is 4.64. The molecule has 0 unspecified atom stereocenters. The van der Waals surface area contributed by atoms with Crippen LogP contribution in [0.1, 0.15) is 0 Å². The van der Waals surface area contributed by atoms with Crippen molar-refractivity contribution in [3.05, 3.63) is 51.3 Å². The fourth-order valence-electron chi connectivity index (χ4n) is 1.33. The van der Waals surface area contributed by atoms with Gasteiger partial charge in [0.05, 0.1) is 0 Å². The maximum atomic E-state index is 11.3. The molecule has 0 radical (unpaired) electrons. The van der Waals surface area contributed by atoms with Gasteiger partial charge in [0, 0.05) is 21.0 Å². The standard InChI is InChI=1S/C12H9BrO2S/c1-16-10-6-11(15-12(14)7-10)8-2-4-9(13)5-3-8/h2-7H,1H3. The van der Waals surface area contributed by atoms with Gasteiger partial charge < -0.3 is 4.42 Å². The lowest BCUT2D eigenvalue weighted by Gasteiger charge is -2.02. The second-order valence-corrected chi connectivity index (χ2v) is 4.98. The predicted octanol–water partition coefficient (Wildman–Crippen LogP) is 3.79. The summed E-state index contributed by atoms with van der Waals surface area (Å²) in [6, 6.07) is 11.0. The number of hydrogen-bond acceptors (Lipinski definition) is 3. The fraction of sp³-hybridized carbons (Fsp3) is 0.0833. The van der Waals surface area contributed by atoms with E-state index in [-0.39, 0.29) is 5.63 Å². The Balaban J connectivity index is 2.51.